The third kappa shape index (κ3) is 4.00. The Kier molecular flexibility index (Phi) is 5.31. The summed E-state index contributed by atoms with van der Waals surface area (Å²) in [5.74, 6) is 0.785. The fourth-order valence-electron chi connectivity index (χ4n) is 3.70. The molecule has 0 atom stereocenters. The lowest BCUT2D eigenvalue weighted by molar-refractivity contribution is 0.102. The number of phenolic OH excluding ortho intramolecular Hbond substituents is 1. The van der Waals surface area contributed by atoms with E-state index in [1.54, 1.807) is 67.6 Å². The first-order chi connectivity index (χ1) is 16.5. The van der Waals surface area contributed by atoms with Gasteiger partial charge in [0.25, 0.3) is 11.5 Å². The molecule has 34 heavy (non-hydrogen) atoms. The number of nitrogens with one attached hydrogen (secondary N) is 1. The molecular weight excluding hydrogens is 430 g/mol. The summed E-state index contributed by atoms with van der Waals surface area (Å²) in [7, 11) is 0. The van der Waals surface area contributed by atoms with Crippen LogP contribution in [0, 0.1) is 6.92 Å². The second kappa shape index (κ2) is 8.59. The lowest BCUT2D eigenvalue weighted by Gasteiger charge is -2.11. The predicted molar refractivity (Wildman–Crippen MR) is 129 cm³/mol. The topological polar surface area (TPSA) is 110 Å². The molecule has 5 aromatic rings. The van der Waals surface area contributed by atoms with Gasteiger partial charge in [0.05, 0.1) is 34.7 Å². The third-order valence-corrected chi connectivity index (χ3v) is 5.35. The number of carbonyl (C=O) groups excluding carboxylic acids is 1. The van der Waals surface area contributed by atoms with Crippen molar-refractivity contribution in [2.24, 2.45) is 0 Å². The van der Waals surface area contributed by atoms with E-state index in [9.17, 15) is 14.7 Å². The van der Waals surface area contributed by atoms with Gasteiger partial charge in [0.2, 0.25) is 0 Å². The van der Waals surface area contributed by atoms with Crippen LogP contribution in [-0.4, -0.2) is 30.5 Å². The van der Waals surface area contributed by atoms with Crippen LogP contribution in [0.25, 0.3) is 28.0 Å². The van der Waals surface area contributed by atoms with E-state index >= 15 is 0 Å². The van der Waals surface area contributed by atoms with E-state index in [1.165, 1.54) is 17.0 Å². The molecule has 0 saturated heterocycles. The Balaban J connectivity index is 1.36. The molecule has 2 heterocycles. The lowest BCUT2D eigenvalue weighted by Crippen LogP contribution is -2.22. The SMILES string of the molecule is Cc1nc2ccccc2c(=O)n1-c1ccc(C(=O)Nc2cnc(-c3cccc(O)c3)nc2)cc1. The van der Waals surface area contributed by atoms with Crippen LogP contribution in [0.3, 0.4) is 0 Å². The number of aromatic nitrogens is 4. The minimum atomic E-state index is -0.332. The van der Waals surface area contributed by atoms with E-state index in [0.29, 0.717) is 45.1 Å². The second-order valence-electron chi connectivity index (χ2n) is 7.66. The van der Waals surface area contributed by atoms with Crippen molar-refractivity contribution in [1.29, 1.82) is 0 Å². The van der Waals surface area contributed by atoms with Crippen molar-refractivity contribution in [2.75, 3.05) is 5.32 Å². The zero-order chi connectivity index (χ0) is 23.7. The Morgan fingerprint density at radius 1 is 0.941 bits per heavy atom. The summed E-state index contributed by atoms with van der Waals surface area (Å²) in [6.45, 7) is 1.77. The number of nitrogens with zero attached hydrogens (tertiary/aromatic N) is 4. The standard InChI is InChI=1S/C26H19N5O3/c1-16-29-23-8-3-2-7-22(23)26(34)31(16)20-11-9-17(10-12-20)25(33)30-19-14-27-24(28-15-19)18-5-4-6-21(32)13-18/h2-15,32H,1H3,(H,30,33). The highest BCUT2D eigenvalue weighted by molar-refractivity contribution is 6.04. The molecule has 8 nitrogen and oxygen atoms in total. The number of rotatable bonds is 4. The predicted octanol–water partition coefficient (Wildman–Crippen LogP) is 4.11. The maximum atomic E-state index is 13.0. The smallest absolute Gasteiger partial charge is 0.265 e. The minimum absolute atomic E-state index is 0.124. The van der Waals surface area contributed by atoms with E-state index in [2.05, 4.69) is 20.3 Å². The summed E-state index contributed by atoms with van der Waals surface area (Å²) < 4.78 is 1.53. The molecule has 0 saturated carbocycles. The molecule has 0 unspecified atom stereocenters. The zero-order valence-electron chi connectivity index (χ0n) is 18.1. The van der Waals surface area contributed by atoms with Crippen LogP contribution < -0.4 is 10.9 Å². The van der Waals surface area contributed by atoms with Gasteiger partial charge >= 0.3 is 0 Å². The maximum Gasteiger partial charge on any atom is 0.265 e. The van der Waals surface area contributed by atoms with Crippen LogP contribution in [0.1, 0.15) is 16.2 Å². The fourth-order valence-corrected chi connectivity index (χ4v) is 3.70. The number of aromatic hydroxyl groups is 1. The van der Waals surface area contributed by atoms with Gasteiger partial charge in [-0.05, 0) is 55.5 Å². The Bertz CT molecular complexity index is 1580. The molecule has 1 amide bonds. The minimum Gasteiger partial charge on any atom is -0.508 e. The Labute approximate surface area is 194 Å². The van der Waals surface area contributed by atoms with Gasteiger partial charge < -0.3 is 10.4 Å². The molecule has 0 bridgehead atoms. The zero-order valence-corrected chi connectivity index (χ0v) is 18.1. The lowest BCUT2D eigenvalue weighted by atomic mass is 10.1. The van der Waals surface area contributed by atoms with E-state index in [-0.39, 0.29) is 17.2 Å². The number of anilines is 1. The van der Waals surface area contributed by atoms with Gasteiger partial charge in [-0.15, -0.1) is 0 Å². The molecule has 0 radical (unpaired) electrons. The molecule has 0 aliphatic carbocycles. The van der Waals surface area contributed by atoms with E-state index in [0.717, 1.165) is 0 Å². The van der Waals surface area contributed by atoms with E-state index in [4.69, 9.17) is 0 Å². The maximum absolute atomic E-state index is 13.0. The number of hydrogen-bond donors (Lipinski definition) is 2. The van der Waals surface area contributed by atoms with Crippen LogP contribution in [0.4, 0.5) is 5.69 Å². The number of amides is 1. The van der Waals surface area contributed by atoms with Crippen LogP contribution in [0.5, 0.6) is 5.75 Å². The van der Waals surface area contributed by atoms with Crippen molar-refractivity contribution < 1.29 is 9.90 Å². The largest absolute Gasteiger partial charge is 0.508 e. The third-order valence-electron chi connectivity index (χ3n) is 5.35. The highest BCUT2D eigenvalue weighted by Gasteiger charge is 2.12. The number of aryl methyl sites for hydroxylation is 1. The Morgan fingerprint density at radius 2 is 1.68 bits per heavy atom. The molecule has 0 aliphatic heterocycles. The van der Waals surface area contributed by atoms with Gasteiger partial charge in [0, 0.05) is 11.1 Å². The average Bonchev–Trinajstić information content (AvgIpc) is 2.85. The molecular formula is C26H19N5O3. The summed E-state index contributed by atoms with van der Waals surface area (Å²) in [5.41, 5.74) is 2.63. The van der Waals surface area contributed by atoms with E-state index < -0.39 is 0 Å². The Morgan fingerprint density at radius 3 is 2.41 bits per heavy atom. The van der Waals surface area contributed by atoms with E-state index in [1.807, 2.05) is 12.1 Å². The summed E-state index contributed by atoms with van der Waals surface area (Å²) in [4.78, 5) is 38.7. The molecule has 8 heteroatoms. The highest BCUT2D eigenvalue weighted by atomic mass is 16.3. The number of hydrogen-bond acceptors (Lipinski definition) is 6. The monoisotopic (exact) mass is 449 g/mol. The number of para-hydroxylation sites is 1. The number of fused-ring (bicyclic) bond motifs is 1. The molecule has 0 aliphatic rings. The molecule has 0 fully saturated rings. The first-order valence-corrected chi connectivity index (χ1v) is 10.5. The van der Waals surface area contributed by atoms with Gasteiger partial charge in [-0.2, -0.15) is 0 Å². The van der Waals surface area contributed by atoms with Crippen molar-refractivity contribution >= 4 is 22.5 Å². The first kappa shape index (κ1) is 21.0. The van der Waals surface area contributed by atoms with Gasteiger partial charge in [-0.1, -0.05) is 24.3 Å². The fraction of sp³-hybridized carbons (Fsp3) is 0.0385. The van der Waals surface area contributed by atoms with Crippen molar-refractivity contribution in [2.45, 2.75) is 6.92 Å². The Hall–Kier alpha value is -4.85. The van der Waals surface area contributed by atoms with Gasteiger partial charge in [-0.25, -0.2) is 15.0 Å². The van der Waals surface area contributed by atoms with Crippen molar-refractivity contribution in [3.8, 4) is 22.8 Å². The normalized spacial score (nSPS) is 10.9. The van der Waals surface area contributed by atoms with Crippen molar-refractivity contribution in [3.05, 3.63) is 107 Å². The summed E-state index contributed by atoms with van der Waals surface area (Å²) in [5, 5.41) is 12.9. The molecule has 2 N–H and O–H groups in total. The van der Waals surface area contributed by atoms with Crippen LogP contribution in [0.2, 0.25) is 0 Å². The van der Waals surface area contributed by atoms with Gasteiger partial charge in [-0.3, -0.25) is 14.2 Å². The molecule has 2 aromatic heterocycles. The summed E-state index contributed by atoms with van der Waals surface area (Å²) >= 11 is 0. The van der Waals surface area contributed by atoms with Crippen LogP contribution in [-0.2, 0) is 0 Å². The molecule has 3 aromatic carbocycles. The van der Waals surface area contributed by atoms with Gasteiger partial charge in [0.1, 0.15) is 11.6 Å². The second-order valence-corrected chi connectivity index (χ2v) is 7.66. The molecule has 166 valence electrons. The summed E-state index contributed by atoms with van der Waals surface area (Å²) in [6, 6.07) is 20.5. The molecule has 0 spiro atoms. The first-order valence-electron chi connectivity index (χ1n) is 10.5. The number of benzene rings is 3. The molecule has 5 rings (SSSR count). The highest BCUT2D eigenvalue weighted by Crippen LogP contribution is 2.20. The number of phenols is 1. The summed E-state index contributed by atoms with van der Waals surface area (Å²) in [6.07, 6.45) is 3.00. The van der Waals surface area contributed by atoms with Crippen LogP contribution in [0.15, 0.2) is 90.0 Å². The number of carbonyl (C=O) groups is 1. The quantitative estimate of drug-likeness (QED) is 0.427. The van der Waals surface area contributed by atoms with Crippen LogP contribution >= 0.6 is 0 Å². The average molecular weight is 449 g/mol. The van der Waals surface area contributed by atoms with Gasteiger partial charge in [0.15, 0.2) is 5.82 Å². The van der Waals surface area contributed by atoms with Crippen molar-refractivity contribution in [3.63, 3.8) is 0 Å². The van der Waals surface area contributed by atoms with Crippen molar-refractivity contribution in [1.82, 2.24) is 19.5 Å².